The van der Waals surface area contributed by atoms with Gasteiger partial charge >= 0.3 is 0 Å². The van der Waals surface area contributed by atoms with Crippen LogP contribution in [0.1, 0.15) is 25.8 Å². The summed E-state index contributed by atoms with van der Waals surface area (Å²) in [5, 5.41) is 9.33. The molecule has 0 aromatic carbocycles. The molecule has 2 heterocycles. The van der Waals surface area contributed by atoms with Gasteiger partial charge in [0.1, 0.15) is 0 Å². The molecule has 2 rings (SSSR count). The number of nitrogen functional groups attached to an aromatic ring is 1. The molecule has 2 aromatic rings. The molecule has 92 valence electrons. The number of nitrogens with one attached hydrogen (secondary N) is 1. The molecular formula is C10H15N5O2. The SMILES string of the molecule is CCCC(CO)n1cnc2c(=O)[nH]c(N)nc21. The van der Waals surface area contributed by atoms with Crippen molar-refractivity contribution in [3.8, 4) is 0 Å². The van der Waals surface area contributed by atoms with Crippen LogP contribution >= 0.6 is 0 Å². The third-order valence-corrected chi connectivity index (χ3v) is 2.68. The lowest BCUT2D eigenvalue weighted by Crippen LogP contribution is -2.16. The number of fused-ring (bicyclic) bond motifs is 1. The van der Waals surface area contributed by atoms with Crippen LogP contribution in [0.4, 0.5) is 5.95 Å². The normalized spacial score (nSPS) is 13.1. The lowest BCUT2D eigenvalue weighted by atomic mass is 10.2. The number of hydrogen-bond donors (Lipinski definition) is 3. The van der Waals surface area contributed by atoms with Crippen molar-refractivity contribution in [3.05, 3.63) is 16.7 Å². The van der Waals surface area contributed by atoms with E-state index < -0.39 is 0 Å². The van der Waals surface area contributed by atoms with Crippen LogP contribution in [0.3, 0.4) is 0 Å². The van der Waals surface area contributed by atoms with Crippen LogP contribution in [0.5, 0.6) is 0 Å². The van der Waals surface area contributed by atoms with Gasteiger partial charge in [-0.15, -0.1) is 0 Å². The number of aliphatic hydroxyl groups is 1. The van der Waals surface area contributed by atoms with Crippen LogP contribution in [0.2, 0.25) is 0 Å². The number of imidazole rings is 1. The zero-order valence-corrected chi connectivity index (χ0v) is 9.55. The predicted molar refractivity (Wildman–Crippen MR) is 63.6 cm³/mol. The summed E-state index contributed by atoms with van der Waals surface area (Å²) in [4.78, 5) is 22.0. The van der Waals surface area contributed by atoms with Crippen LogP contribution in [0.15, 0.2) is 11.1 Å². The van der Waals surface area contributed by atoms with E-state index in [1.165, 1.54) is 6.33 Å². The van der Waals surface area contributed by atoms with Crippen molar-refractivity contribution >= 4 is 17.1 Å². The van der Waals surface area contributed by atoms with Gasteiger partial charge in [0.15, 0.2) is 11.2 Å². The summed E-state index contributed by atoms with van der Waals surface area (Å²) in [5.74, 6) is 0.0532. The Morgan fingerprint density at radius 3 is 3.06 bits per heavy atom. The largest absolute Gasteiger partial charge is 0.394 e. The van der Waals surface area contributed by atoms with Crippen molar-refractivity contribution in [3.63, 3.8) is 0 Å². The summed E-state index contributed by atoms with van der Waals surface area (Å²) in [6.07, 6.45) is 3.23. The molecule has 0 bridgehead atoms. The van der Waals surface area contributed by atoms with E-state index in [-0.39, 0.29) is 29.7 Å². The molecular weight excluding hydrogens is 222 g/mol. The Balaban J connectivity index is 2.58. The molecule has 7 nitrogen and oxygen atoms in total. The quantitative estimate of drug-likeness (QED) is 0.695. The minimum absolute atomic E-state index is 0.0202. The van der Waals surface area contributed by atoms with Gasteiger partial charge in [0, 0.05) is 0 Å². The number of nitrogens with zero attached hydrogens (tertiary/aromatic N) is 3. The number of H-pyrrole nitrogens is 1. The van der Waals surface area contributed by atoms with Crippen LogP contribution in [-0.4, -0.2) is 31.2 Å². The summed E-state index contributed by atoms with van der Waals surface area (Å²) in [6, 6.07) is -0.126. The van der Waals surface area contributed by atoms with Gasteiger partial charge in [-0.3, -0.25) is 9.78 Å². The van der Waals surface area contributed by atoms with Crippen molar-refractivity contribution in [2.75, 3.05) is 12.3 Å². The predicted octanol–water partition coefficient (Wildman–Crippen LogP) is 0.0353. The summed E-state index contributed by atoms with van der Waals surface area (Å²) < 4.78 is 1.70. The maximum atomic E-state index is 11.6. The number of rotatable bonds is 4. The zero-order valence-electron chi connectivity index (χ0n) is 9.55. The van der Waals surface area contributed by atoms with Gasteiger partial charge < -0.3 is 15.4 Å². The Kier molecular flexibility index (Phi) is 3.10. The lowest BCUT2D eigenvalue weighted by molar-refractivity contribution is 0.222. The van der Waals surface area contributed by atoms with E-state index in [1.807, 2.05) is 6.92 Å². The van der Waals surface area contributed by atoms with Gasteiger partial charge in [-0.2, -0.15) is 4.98 Å². The second-order valence-electron chi connectivity index (χ2n) is 3.90. The highest BCUT2D eigenvalue weighted by atomic mass is 16.3. The maximum Gasteiger partial charge on any atom is 0.280 e. The highest BCUT2D eigenvalue weighted by molar-refractivity contribution is 5.70. The van der Waals surface area contributed by atoms with Crippen molar-refractivity contribution in [1.29, 1.82) is 0 Å². The van der Waals surface area contributed by atoms with E-state index in [9.17, 15) is 9.90 Å². The van der Waals surface area contributed by atoms with Gasteiger partial charge in [0.25, 0.3) is 5.56 Å². The Morgan fingerprint density at radius 2 is 2.41 bits per heavy atom. The first kappa shape index (κ1) is 11.6. The number of aliphatic hydroxyl groups excluding tert-OH is 1. The van der Waals surface area contributed by atoms with Crippen molar-refractivity contribution in [2.45, 2.75) is 25.8 Å². The van der Waals surface area contributed by atoms with E-state index in [0.717, 1.165) is 12.8 Å². The summed E-state index contributed by atoms with van der Waals surface area (Å²) in [5.41, 5.74) is 5.80. The first-order valence-corrected chi connectivity index (χ1v) is 5.50. The van der Waals surface area contributed by atoms with Crippen molar-refractivity contribution < 1.29 is 5.11 Å². The fraction of sp³-hybridized carbons (Fsp3) is 0.500. The smallest absolute Gasteiger partial charge is 0.280 e. The summed E-state index contributed by atoms with van der Waals surface area (Å²) in [6.45, 7) is 2.00. The van der Waals surface area contributed by atoms with Gasteiger partial charge in [-0.1, -0.05) is 13.3 Å². The second kappa shape index (κ2) is 4.54. The third kappa shape index (κ3) is 2.01. The number of aromatic amines is 1. The van der Waals surface area contributed by atoms with Gasteiger partial charge in [0.2, 0.25) is 5.95 Å². The Labute approximate surface area is 97.3 Å². The standard InChI is InChI=1S/C10H15N5O2/c1-2-3-6(4-16)15-5-12-7-8(15)13-10(11)14-9(7)17/h5-6,16H,2-4H2,1H3,(H3,11,13,14,17). The molecule has 1 unspecified atom stereocenters. The molecule has 1 atom stereocenters. The molecule has 0 aliphatic rings. The highest BCUT2D eigenvalue weighted by Gasteiger charge is 2.15. The van der Waals surface area contributed by atoms with E-state index in [2.05, 4.69) is 15.0 Å². The van der Waals surface area contributed by atoms with Crippen LogP contribution < -0.4 is 11.3 Å². The Hall–Kier alpha value is -1.89. The van der Waals surface area contributed by atoms with Crippen molar-refractivity contribution in [1.82, 2.24) is 19.5 Å². The molecule has 0 spiro atoms. The molecule has 0 amide bonds. The first-order chi connectivity index (χ1) is 8.17. The van der Waals surface area contributed by atoms with Crippen LogP contribution in [0, 0.1) is 0 Å². The summed E-state index contributed by atoms with van der Waals surface area (Å²) >= 11 is 0. The zero-order chi connectivity index (χ0) is 12.4. The van der Waals surface area contributed by atoms with E-state index in [1.54, 1.807) is 4.57 Å². The molecule has 0 aliphatic carbocycles. The first-order valence-electron chi connectivity index (χ1n) is 5.50. The average Bonchev–Trinajstić information content (AvgIpc) is 2.69. The van der Waals surface area contributed by atoms with Gasteiger partial charge in [-0.25, -0.2) is 4.98 Å². The topological polar surface area (TPSA) is 110 Å². The molecule has 2 aromatic heterocycles. The second-order valence-corrected chi connectivity index (χ2v) is 3.90. The molecule has 0 fully saturated rings. The Morgan fingerprint density at radius 1 is 1.65 bits per heavy atom. The molecule has 0 saturated heterocycles. The fourth-order valence-corrected chi connectivity index (χ4v) is 1.86. The fourth-order valence-electron chi connectivity index (χ4n) is 1.86. The summed E-state index contributed by atoms with van der Waals surface area (Å²) in [7, 11) is 0. The molecule has 17 heavy (non-hydrogen) atoms. The molecule has 7 heteroatoms. The number of aromatic nitrogens is 4. The molecule has 0 saturated carbocycles. The number of anilines is 1. The monoisotopic (exact) mass is 237 g/mol. The van der Waals surface area contributed by atoms with Gasteiger partial charge in [0.05, 0.1) is 19.0 Å². The van der Waals surface area contributed by atoms with Gasteiger partial charge in [-0.05, 0) is 6.42 Å². The van der Waals surface area contributed by atoms with E-state index in [0.29, 0.717) is 5.65 Å². The highest BCUT2D eigenvalue weighted by Crippen LogP contribution is 2.17. The minimum Gasteiger partial charge on any atom is -0.394 e. The molecule has 4 N–H and O–H groups in total. The minimum atomic E-state index is -0.362. The average molecular weight is 237 g/mol. The van der Waals surface area contributed by atoms with Crippen LogP contribution in [0.25, 0.3) is 11.2 Å². The van der Waals surface area contributed by atoms with Crippen molar-refractivity contribution in [2.24, 2.45) is 0 Å². The number of nitrogens with two attached hydrogens (primary N) is 1. The Bertz CT molecular complexity index is 574. The lowest BCUT2D eigenvalue weighted by Gasteiger charge is -2.15. The van der Waals surface area contributed by atoms with E-state index in [4.69, 9.17) is 5.73 Å². The molecule has 0 aliphatic heterocycles. The van der Waals surface area contributed by atoms with Crippen LogP contribution in [-0.2, 0) is 0 Å². The van der Waals surface area contributed by atoms with E-state index >= 15 is 0 Å². The number of hydrogen-bond acceptors (Lipinski definition) is 5. The third-order valence-electron chi connectivity index (χ3n) is 2.68. The maximum absolute atomic E-state index is 11.6. The molecule has 0 radical (unpaired) electrons.